The van der Waals surface area contributed by atoms with Gasteiger partial charge >= 0.3 is 6.09 Å². The number of hydrogen-bond donors (Lipinski definition) is 0. The van der Waals surface area contributed by atoms with E-state index in [0.29, 0.717) is 23.3 Å². The average molecular weight is 351 g/mol. The van der Waals surface area contributed by atoms with Crippen LogP contribution in [0.3, 0.4) is 0 Å². The molecule has 1 aromatic heterocycles. The lowest BCUT2D eigenvalue weighted by Gasteiger charge is -2.24. The Morgan fingerprint density at radius 2 is 2.33 bits per heavy atom. The first-order valence-corrected chi connectivity index (χ1v) is 9.27. The lowest BCUT2D eigenvalue weighted by Crippen LogP contribution is -2.36. The molecule has 0 spiro atoms. The van der Waals surface area contributed by atoms with Gasteiger partial charge in [0.25, 0.3) is 0 Å². The molecule has 0 aromatic carbocycles. The summed E-state index contributed by atoms with van der Waals surface area (Å²) in [4.78, 5) is 18.5. The van der Waals surface area contributed by atoms with Crippen molar-refractivity contribution in [3.63, 3.8) is 0 Å². The lowest BCUT2D eigenvalue weighted by atomic mass is 10.2. The molecule has 0 bridgehead atoms. The van der Waals surface area contributed by atoms with Crippen LogP contribution in [-0.4, -0.2) is 44.1 Å². The van der Waals surface area contributed by atoms with Crippen molar-refractivity contribution in [2.24, 2.45) is 0 Å². The predicted molar refractivity (Wildman–Crippen MR) is 85.2 cm³/mol. The minimum Gasteiger partial charge on any atom is -0.444 e. The second kappa shape index (κ2) is 6.62. The summed E-state index contributed by atoms with van der Waals surface area (Å²) >= 11 is 7.11. The Balaban J connectivity index is 1.87. The molecular weight excluding hydrogens is 332 g/mol. The van der Waals surface area contributed by atoms with Crippen LogP contribution in [0.5, 0.6) is 0 Å². The standard InChI is InChI=1S/C13H19ClN2O3S2/c1-13(2,3)19-12(17)16-5-4-10(7-16)21(18)8-9-6-15-11(14)20-9/h6,10H,4-5,7-8H2,1-3H3/t10-,21-/m1/s1. The maximum Gasteiger partial charge on any atom is 0.410 e. The van der Waals surface area contributed by atoms with Crippen LogP contribution in [0, 0.1) is 0 Å². The summed E-state index contributed by atoms with van der Waals surface area (Å²) in [6, 6.07) is 0. The van der Waals surface area contributed by atoms with Crippen LogP contribution in [0.25, 0.3) is 0 Å². The summed E-state index contributed by atoms with van der Waals surface area (Å²) in [5.41, 5.74) is -0.506. The second-order valence-corrected chi connectivity index (χ2v) is 9.36. The van der Waals surface area contributed by atoms with Gasteiger partial charge in [-0.2, -0.15) is 0 Å². The smallest absolute Gasteiger partial charge is 0.410 e. The minimum absolute atomic E-state index is 0.0154. The van der Waals surface area contributed by atoms with Crippen molar-refractivity contribution in [1.82, 2.24) is 9.88 Å². The molecule has 1 amide bonds. The number of aromatic nitrogens is 1. The van der Waals surface area contributed by atoms with E-state index >= 15 is 0 Å². The van der Waals surface area contributed by atoms with Crippen LogP contribution < -0.4 is 0 Å². The number of thiazole rings is 1. The number of rotatable bonds is 3. The zero-order chi connectivity index (χ0) is 15.6. The van der Waals surface area contributed by atoms with Gasteiger partial charge in [-0.3, -0.25) is 4.21 Å². The lowest BCUT2D eigenvalue weighted by molar-refractivity contribution is 0.0295. The number of carbonyl (C=O) groups is 1. The van der Waals surface area contributed by atoms with Crippen LogP contribution in [0.1, 0.15) is 32.1 Å². The first kappa shape index (κ1) is 16.7. The number of nitrogens with zero attached hydrogens (tertiary/aromatic N) is 2. The van der Waals surface area contributed by atoms with Crippen molar-refractivity contribution in [2.75, 3.05) is 13.1 Å². The first-order chi connectivity index (χ1) is 9.74. The Hall–Kier alpha value is -0.660. The molecule has 0 saturated carbocycles. The molecule has 1 aliphatic heterocycles. The molecule has 2 heterocycles. The van der Waals surface area contributed by atoms with E-state index in [0.717, 1.165) is 11.3 Å². The van der Waals surface area contributed by atoms with Gasteiger partial charge in [0.15, 0.2) is 4.47 Å². The molecule has 0 radical (unpaired) electrons. The van der Waals surface area contributed by atoms with E-state index in [1.807, 2.05) is 20.8 Å². The predicted octanol–water partition coefficient (Wildman–Crippen LogP) is 3.05. The van der Waals surface area contributed by atoms with Gasteiger partial charge in [0.2, 0.25) is 0 Å². The zero-order valence-corrected chi connectivity index (χ0v) is 14.7. The quantitative estimate of drug-likeness (QED) is 0.840. The molecule has 118 valence electrons. The summed E-state index contributed by atoms with van der Waals surface area (Å²) in [5, 5.41) is -0.0154. The Morgan fingerprint density at radius 1 is 1.62 bits per heavy atom. The average Bonchev–Trinajstić information content (AvgIpc) is 2.96. The summed E-state index contributed by atoms with van der Waals surface area (Å²) in [6.45, 7) is 6.58. The first-order valence-electron chi connectivity index (χ1n) is 6.70. The number of likely N-dealkylation sites (tertiary alicyclic amines) is 1. The van der Waals surface area contributed by atoms with Gasteiger partial charge in [0.1, 0.15) is 5.60 Å². The third-order valence-electron chi connectivity index (χ3n) is 2.98. The van der Waals surface area contributed by atoms with Crippen LogP contribution in [0.15, 0.2) is 6.20 Å². The van der Waals surface area contributed by atoms with Gasteiger partial charge in [0, 0.05) is 35.0 Å². The van der Waals surface area contributed by atoms with Gasteiger partial charge in [-0.25, -0.2) is 9.78 Å². The number of hydrogen-bond acceptors (Lipinski definition) is 5. The van der Waals surface area contributed by atoms with E-state index in [-0.39, 0.29) is 11.3 Å². The fourth-order valence-corrected chi connectivity index (χ4v) is 4.71. The van der Waals surface area contributed by atoms with Gasteiger partial charge < -0.3 is 9.64 Å². The Kier molecular flexibility index (Phi) is 5.27. The topological polar surface area (TPSA) is 59.5 Å². The fourth-order valence-electron chi connectivity index (χ4n) is 2.04. The molecule has 1 aliphatic rings. The van der Waals surface area contributed by atoms with Crippen molar-refractivity contribution in [3.05, 3.63) is 15.5 Å². The number of amides is 1. The molecule has 2 atom stereocenters. The number of ether oxygens (including phenoxy) is 1. The van der Waals surface area contributed by atoms with Crippen molar-refractivity contribution >= 4 is 39.8 Å². The monoisotopic (exact) mass is 350 g/mol. The third kappa shape index (κ3) is 4.93. The Morgan fingerprint density at radius 3 is 2.90 bits per heavy atom. The Labute approximate surface area is 136 Å². The minimum atomic E-state index is -1.03. The van der Waals surface area contributed by atoms with Crippen LogP contribution in [-0.2, 0) is 21.3 Å². The molecule has 0 N–H and O–H groups in total. The van der Waals surface area contributed by atoms with Crippen LogP contribution in [0.4, 0.5) is 4.79 Å². The molecule has 1 aromatic rings. The highest BCUT2D eigenvalue weighted by Crippen LogP contribution is 2.23. The SMILES string of the molecule is CC(C)(C)OC(=O)N1CC[C@@H]([S@](=O)Cc2cnc(Cl)s2)C1. The molecular formula is C13H19ClN2O3S2. The second-order valence-electron chi connectivity index (χ2n) is 5.94. The normalized spacial score (nSPS) is 20.6. The maximum absolute atomic E-state index is 12.3. The number of carbonyl (C=O) groups excluding carboxylic acids is 1. The van der Waals surface area contributed by atoms with E-state index < -0.39 is 16.4 Å². The maximum atomic E-state index is 12.3. The number of halogens is 1. The summed E-state index contributed by atoms with van der Waals surface area (Å²) in [6.07, 6.45) is 2.06. The van der Waals surface area contributed by atoms with Crippen LogP contribution >= 0.6 is 22.9 Å². The summed E-state index contributed by atoms with van der Waals surface area (Å²) < 4.78 is 18.1. The van der Waals surface area contributed by atoms with Gasteiger partial charge in [-0.1, -0.05) is 11.6 Å². The highest BCUT2D eigenvalue weighted by Gasteiger charge is 2.32. The molecule has 5 nitrogen and oxygen atoms in total. The zero-order valence-electron chi connectivity index (χ0n) is 12.3. The largest absolute Gasteiger partial charge is 0.444 e. The van der Waals surface area contributed by atoms with Gasteiger partial charge in [-0.05, 0) is 27.2 Å². The van der Waals surface area contributed by atoms with Crippen molar-refractivity contribution in [3.8, 4) is 0 Å². The fraction of sp³-hybridized carbons (Fsp3) is 0.692. The van der Waals surface area contributed by atoms with E-state index in [4.69, 9.17) is 16.3 Å². The van der Waals surface area contributed by atoms with Gasteiger partial charge in [0.05, 0.1) is 11.0 Å². The highest BCUT2D eigenvalue weighted by atomic mass is 35.5. The molecule has 0 unspecified atom stereocenters. The molecule has 8 heteroatoms. The van der Waals surface area contributed by atoms with E-state index in [1.165, 1.54) is 11.3 Å². The van der Waals surface area contributed by atoms with E-state index in [9.17, 15) is 9.00 Å². The van der Waals surface area contributed by atoms with Crippen molar-refractivity contribution in [2.45, 2.75) is 43.8 Å². The Bertz CT molecular complexity index is 542. The van der Waals surface area contributed by atoms with E-state index in [2.05, 4.69) is 4.98 Å². The van der Waals surface area contributed by atoms with Gasteiger partial charge in [-0.15, -0.1) is 11.3 Å². The van der Waals surface area contributed by atoms with Crippen molar-refractivity contribution in [1.29, 1.82) is 0 Å². The molecule has 21 heavy (non-hydrogen) atoms. The summed E-state index contributed by atoms with van der Waals surface area (Å²) in [7, 11) is -1.03. The third-order valence-corrected chi connectivity index (χ3v) is 6.00. The van der Waals surface area contributed by atoms with Crippen molar-refractivity contribution < 1.29 is 13.7 Å². The molecule has 1 saturated heterocycles. The summed E-state index contributed by atoms with van der Waals surface area (Å²) in [5.74, 6) is 0.442. The van der Waals surface area contributed by atoms with Crippen LogP contribution in [0.2, 0.25) is 4.47 Å². The van der Waals surface area contributed by atoms with E-state index in [1.54, 1.807) is 11.1 Å². The molecule has 1 fully saturated rings. The molecule has 2 rings (SSSR count). The molecule has 0 aliphatic carbocycles. The highest BCUT2D eigenvalue weighted by molar-refractivity contribution is 7.85.